The van der Waals surface area contributed by atoms with Gasteiger partial charge >= 0.3 is 0 Å². The quantitative estimate of drug-likeness (QED) is 0.675. The van der Waals surface area contributed by atoms with E-state index in [9.17, 15) is 4.39 Å². The van der Waals surface area contributed by atoms with Gasteiger partial charge < -0.3 is 9.47 Å². The molecule has 2 unspecified atom stereocenters. The minimum Gasteiger partial charge on any atom is -0.348 e. The lowest BCUT2D eigenvalue weighted by Crippen LogP contribution is -2.27. The Morgan fingerprint density at radius 1 is 1.27 bits per heavy atom. The van der Waals surface area contributed by atoms with Crippen LogP contribution in [0.2, 0.25) is 0 Å². The van der Waals surface area contributed by atoms with E-state index in [-0.39, 0.29) is 11.7 Å². The van der Waals surface area contributed by atoms with E-state index in [1.807, 2.05) is 6.07 Å². The average molecular weight is 305 g/mol. The van der Waals surface area contributed by atoms with Crippen molar-refractivity contribution < 1.29 is 13.9 Å². The predicted molar refractivity (Wildman–Crippen MR) is 82.7 cm³/mol. The van der Waals surface area contributed by atoms with Crippen LogP contribution in [-0.2, 0) is 9.47 Å². The van der Waals surface area contributed by atoms with Gasteiger partial charge in [-0.3, -0.25) is 0 Å². The van der Waals surface area contributed by atoms with Gasteiger partial charge in [-0.2, -0.15) is 5.26 Å². The number of rotatable bonds is 7. The summed E-state index contributed by atoms with van der Waals surface area (Å²) in [4.78, 5) is 0. The van der Waals surface area contributed by atoms with Gasteiger partial charge in [-0.1, -0.05) is 45.1 Å². The van der Waals surface area contributed by atoms with Gasteiger partial charge in [-0.25, -0.2) is 4.39 Å². The number of hydrogen-bond acceptors (Lipinski definition) is 3. The standard InChI is InChI=1S/C18H24FNO2/c1-2-3-4-5-6-7-16-10-11-21-18(22-16)14-8-9-15(13-20)17(19)12-14/h8-9,12,16,18H,2-7,10-11H2,1H3. The largest absolute Gasteiger partial charge is 0.348 e. The second-order valence-electron chi connectivity index (χ2n) is 5.80. The number of nitriles is 1. The Hall–Kier alpha value is -1.44. The lowest BCUT2D eigenvalue weighted by atomic mass is 10.0. The fourth-order valence-electron chi connectivity index (χ4n) is 2.72. The number of benzene rings is 1. The SMILES string of the molecule is CCCCCCCC1CCOC(c2ccc(C#N)c(F)c2)O1. The van der Waals surface area contributed by atoms with Gasteiger partial charge in [-0.05, 0) is 25.0 Å². The van der Waals surface area contributed by atoms with Crippen molar-refractivity contribution in [1.29, 1.82) is 5.26 Å². The minimum atomic E-state index is -0.520. The lowest BCUT2D eigenvalue weighted by molar-refractivity contribution is -0.218. The van der Waals surface area contributed by atoms with Crippen molar-refractivity contribution in [3.05, 3.63) is 35.1 Å². The Labute approximate surface area is 132 Å². The number of halogens is 1. The molecule has 1 aromatic rings. The zero-order chi connectivity index (χ0) is 15.8. The Morgan fingerprint density at radius 3 is 2.82 bits per heavy atom. The summed E-state index contributed by atoms with van der Waals surface area (Å²) in [5, 5.41) is 8.77. The van der Waals surface area contributed by atoms with Crippen molar-refractivity contribution in [1.82, 2.24) is 0 Å². The molecule has 2 rings (SSSR count). The summed E-state index contributed by atoms with van der Waals surface area (Å²) in [6.07, 6.45) is 7.82. The Kier molecular flexibility index (Phi) is 6.82. The highest BCUT2D eigenvalue weighted by atomic mass is 19.1. The molecule has 120 valence electrons. The fourth-order valence-corrected chi connectivity index (χ4v) is 2.72. The molecular weight excluding hydrogens is 281 g/mol. The van der Waals surface area contributed by atoms with Crippen LogP contribution < -0.4 is 0 Å². The molecule has 0 aromatic heterocycles. The number of ether oxygens (including phenoxy) is 2. The van der Waals surface area contributed by atoms with E-state index in [0.29, 0.717) is 12.2 Å². The van der Waals surface area contributed by atoms with E-state index in [1.165, 1.54) is 44.2 Å². The van der Waals surface area contributed by atoms with Crippen molar-refractivity contribution in [2.75, 3.05) is 6.61 Å². The Morgan fingerprint density at radius 2 is 2.09 bits per heavy atom. The van der Waals surface area contributed by atoms with E-state index in [4.69, 9.17) is 14.7 Å². The maximum absolute atomic E-state index is 13.7. The van der Waals surface area contributed by atoms with Crippen LogP contribution in [0.4, 0.5) is 4.39 Å². The minimum absolute atomic E-state index is 0.0482. The zero-order valence-electron chi connectivity index (χ0n) is 13.2. The molecule has 0 spiro atoms. The second kappa shape index (κ2) is 8.87. The van der Waals surface area contributed by atoms with Gasteiger partial charge in [0.2, 0.25) is 0 Å². The first kappa shape index (κ1) is 16.9. The van der Waals surface area contributed by atoms with Crippen LogP contribution >= 0.6 is 0 Å². The molecule has 1 aliphatic rings. The Bertz CT molecular complexity index is 512. The van der Waals surface area contributed by atoms with Crippen molar-refractivity contribution >= 4 is 0 Å². The molecular formula is C18H24FNO2. The number of hydrogen-bond donors (Lipinski definition) is 0. The van der Waals surface area contributed by atoms with Crippen LogP contribution in [0.5, 0.6) is 0 Å². The molecule has 0 N–H and O–H groups in total. The number of unbranched alkanes of at least 4 members (excludes halogenated alkanes) is 4. The first-order chi connectivity index (χ1) is 10.7. The van der Waals surface area contributed by atoms with E-state index in [0.717, 1.165) is 12.8 Å². The van der Waals surface area contributed by atoms with Gasteiger partial charge in [-0.15, -0.1) is 0 Å². The fraction of sp³-hybridized carbons (Fsp3) is 0.611. The van der Waals surface area contributed by atoms with Crippen molar-refractivity contribution in [3.63, 3.8) is 0 Å². The van der Waals surface area contributed by atoms with Crippen LogP contribution in [-0.4, -0.2) is 12.7 Å². The predicted octanol–water partition coefficient (Wildman–Crippen LogP) is 4.86. The van der Waals surface area contributed by atoms with Crippen LogP contribution in [0, 0.1) is 17.1 Å². The van der Waals surface area contributed by atoms with Crippen LogP contribution in [0.1, 0.15) is 69.3 Å². The molecule has 1 saturated heterocycles. The van der Waals surface area contributed by atoms with Crippen molar-refractivity contribution in [2.24, 2.45) is 0 Å². The molecule has 1 aliphatic heterocycles. The molecule has 22 heavy (non-hydrogen) atoms. The first-order valence-corrected chi connectivity index (χ1v) is 8.21. The monoisotopic (exact) mass is 305 g/mol. The summed E-state index contributed by atoms with van der Waals surface area (Å²) in [6.45, 7) is 2.84. The second-order valence-corrected chi connectivity index (χ2v) is 5.80. The summed E-state index contributed by atoms with van der Waals surface area (Å²) in [7, 11) is 0. The Balaban J connectivity index is 1.85. The zero-order valence-corrected chi connectivity index (χ0v) is 13.2. The highest BCUT2D eigenvalue weighted by molar-refractivity contribution is 5.33. The molecule has 0 bridgehead atoms. The maximum atomic E-state index is 13.7. The molecule has 2 atom stereocenters. The average Bonchev–Trinajstić information content (AvgIpc) is 2.55. The third-order valence-electron chi connectivity index (χ3n) is 4.04. The third-order valence-corrected chi connectivity index (χ3v) is 4.04. The van der Waals surface area contributed by atoms with Crippen LogP contribution in [0.15, 0.2) is 18.2 Å². The van der Waals surface area contributed by atoms with Gasteiger partial charge in [0.1, 0.15) is 11.9 Å². The van der Waals surface area contributed by atoms with E-state index >= 15 is 0 Å². The highest BCUT2D eigenvalue weighted by Gasteiger charge is 2.24. The van der Waals surface area contributed by atoms with Gasteiger partial charge in [0.15, 0.2) is 6.29 Å². The third kappa shape index (κ3) is 4.79. The first-order valence-electron chi connectivity index (χ1n) is 8.21. The summed E-state index contributed by atoms with van der Waals surface area (Å²) in [6, 6.07) is 6.34. The summed E-state index contributed by atoms with van der Waals surface area (Å²) in [5.41, 5.74) is 0.694. The molecule has 1 aromatic carbocycles. The summed E-state index contributed by atoms with van der Waals surface area (Å²) < 4.78 is 25.2. The van der Waals surface area contributed by atoms with Crippen LogP contribution in [0.3, 0.4) is 0 Å². The molecule has 0 amide bonds. The van der Waals surface area contributed by atoms with E-state index in [1.54, 1.807) is 6.07 Å². The molecule has 1 heterocycles. The topological polar surface area (TPSA) is 42.2 Å². The smallest absolute Gasteiger partial charge is 0.184 e. The maximum Gasteiger partial charge on any atom is 0.184 e. The molecule has 4 heteroatoms. The van der Waals surface area contributed by atoms with E-state index in [2.05, 4.69) is 6.92 Å². The highest BCUT2D eigenvalue weighted by Crippen LogP contribution is 2.29. The van der Waals surface area contributed by atoms with Crippen molar-refractivity contribution in [2.45, 2.75) is 64.3 Å². The van der Waals surface area contributed by atoms with Crippen molar-refractivity contribution in [3.8, 4) is 6.07 Å². The normalized spacial score (nSPS) is 21.5. The van der Waals surface area contributed by atoms with E-state index < -0.39 is 12.1 Å². The summed E-state index contributed by atoms with van der Waals surface area (Å²) in [5.74, 6) is -0.520. The molecule has 0 radical (unpaired) electrons. The van der Waals surface area contributed by atoms with Gasteiger partial charge in [0, 0.05) is 5.56 Å². The van der Waals surface area contributed by atoms with Gasteiger partial charge in [0.25, 0.3) is 0 Å². The molecule has 0 saturated carbocycles. The van der Waals surface area contributed by atoms with Gasteiger partial charge in [0.05, 0.1) is 18.3 Å². The number of nitrogens with zero attached hydrogens (tertiary/aromatic N) is 1. The molecule has 3 nitrogen and oxygen atoms in total. The summed E-state index contributed by atoms with van der Waals surface area (Å²) >= 11 is 0. The van der Waals surface area contributed by atoms with Crippen LogP contribution in [0.25, 0.3) is 0 Å². The molecule has 1 fully saturated rings. The lowest BCUT2D eigenvalue weighted by Gasteiger charge is -2.30. The molecule has 0 aliphatic carbocycles.